The van der Waals surface area contributed by atoms with Crippen LogP contribution >= 0.6 is 0 Å². The fraction of sp³-hybridized carbons (Fsp3) is 0.462. The summed E-state index contributed by atoms with van der Waals surface area (Å²) in [6.45, 7) is 5.06. The highest BCUT2D eigenvalue weighted by Crippen LogP contribution is 2.36. The molecule has 0 aromatic carbocycles. The Morgan fingerprint density at radius 1 is 1.41 bits per heavy atom. The van der Waals surface area contributed by atoms with Crippen molar-refractivity contribution in [3.63, 3.8) is 0 Å². The van der Waals surface area contributed by atoms with E-state index < -0.39 is 17.5 Å². The lowest BCUT2D eigenvalue weighted by Crippen LogP contribution is -2.21. The van der Waals surface area contributed by atoms with Crippen LogP contribution in [0.15, 0.2) is 34.9 Å². The number of hydrogen-bond acceptors (Lipinski definition) is 1. The van der Waals surface area contributed by atoms with E-state index in [0.29, 0.717) is 5.57 Å². The number of alkyl halides is 3. The number of carbonyl (C=O) groups excluding carboxylic acids is 1. The SMILES string of the molecule is CC(C)=CC(=O)C1=C(C(F)(F)F)CC(C)C=C1. The number of rotatable bonds is 2. The summed E-state index contributed by atoms with van der Waals surface area (Å²) in [4.78, 5) is 11.7. The number of halogens is 3. The fourth-order valence-corrected chi connectivity index (χ4v) is 1.70. The van der Waals surface area contributed by atoms with Crippen molar-refractivity contribution in [3.05, 3.63) is 34.9 Å². The zero-order chi connectivity index (χ0) is 13.2. The molecule has 0 saturated carbocycles. The van der Waals surface area contributed by atoms with Gasteiger partial charge in [0.05, 0.1) is 0 Å². The van der Waals surface area contributed by atoms with Crippen LogP contribution in [0.5, 0.6) is 0 Å². The molecule has 0 fully saturated rings. The molecule has 1 aliphatic carbocycles. The van der Waals surface area contributed by atoms with Crippen molar-refractivity contribution < 1.29 is 18.0 Å². The van der Waals surface area contributed by atoms with Gasteiger partial charge < -0.3 is 0 Å². The number of carbonyl (C=O) groups is 1. The van der Waals surface area contributed by atoms with E-state index in [-0.39, 0.29) is 17.9 Å². The van der Waals surface area contributed by atoms with Gasteiger partial charge >= 0.3 is 6.18 Å². The molecule has 0 aromatic rings. The zero-order valence-electron chi connectivity index (χ0n) is 10.1. The van der Waals surface area contributed by atoms with Crippen molar-refractivity contribution in [2.45, 2.75) is 33.4 Å². The summed E-state index contributed by atoms with van der Waals surface area (Å²) in [5.74, 6) is -0.754. The highest BCUT2D eigenvalue weighted by molar-refractivity contribution is 6.07. The van der Waals surface area contributed by atoms with Gasteiger partial charge in [0.1, 0.15) is 0 Å². The van der Waals surface area contributed by atoms with E-state index in [0.717, 1.165) is 0 Å². The second kappa shape index (κ2) is 4.90. The average Bonchev–Trinajstić information content (AvgIpc) is 2.14. The minimum Gasteiger partial charge on any atom is -0.289 e. The van der Waals surface area contributed by atoms with Crippen molar-refractivity contribution in [3.8, 4) is 0 Å². The Morgan fingerprint density at radius 3 is 2.47 bits per heavy atom. The topological polar surface area (TPSA) is 17.1 Å². The molecule has 17 heavy (non-hydrogen) atoms. The summed E-state index contributed by atoms with van der Waals surface area (Å²) >= 11 is 0. The van der Waals surface area contributed by atoms with E-state index in [4.69, 9.17) is 0 Å². The fourth-order valence-electron chi connectivity index (χ4n) is 1.70. The summed E-state index contributed by atoms with van der Waals surface area (Å²) in [5, 5.41) is 0. The second-order valence-electron chi connectivity index (χ2n) is 4.52. The summed E-state index contributed by atoms with van der Waals surface area (Å²) in [6, 6.07) is 0. The molecule has 1 nitrogen and oxygen atoms in total. The highest BCUT2D eigenvalue weighted by atomic mass is 19.4. The molecule has 0 aliphatic heterocycles. The Labute approximate surface area is 98.7 Å². The lowest BCUT2D eigenvalue weighted by molar-refractivity contribution is -0.113. The lowest BCUT2D eigenvalue weighted by Gasteiger charge is -2.21. The Morgan fingerprint density at radius 2 is 2.00 bits per heavy atom. The van der Waals surface area contributed by atoms with E-state index >= 15 is 0 Å². The largest absolute Gasteiger partial charge is 0.413 e. The van der Waals surface area contributed by atoms with Crippen LogP contribution in [0.25, 0.3) is 0 Å². The van der Waals surface area contributed by atoms with Crippen molar-refractivity contribution in [2.75, 3.05) is 0 Å². The molecule has 0 bridgehead atoms. The van der Waals surface area contributed by atoms with Crippen molar-refractivity contribution in [1.82, 2.24) is 0 Å². The average molecular weight is 244 g/mol. The molecule has 0 spiro atoms. The minimum absolute atomic E-state index is 0.127. The van der Waals surface area contributed by atoms with E-state index in [2.05, 4.69) is 0 Å². The van der Waals surface area contributed by atoms with E-state index in [1.165, 1.54) is 12.2 Å². The first-order valence-corrected chi connectivity index (χ1v) is 5.39. The normalized spacial score (nSPS) is 20.5. The van der Waals surface area contributed by atoms with Crippen molar-refractivity contribution in [2.24, 2.45) is 5.92 Å². The maximum atomic E-state index is 12.8. The van der Waals surface area contributed by atoms with E-state index in [1.54, 1.807) is 26.8 Å². The number of hydrogen-bond donors (Lipinski definition) is 0. The quantitative estimate of drug-likeness (QED) is 0.671. The zero-order valence-corrected chi connectivity index (χ0v) is 10.1. The lowest BCUT2D eigenvalue weighted by atomic mass is 9.88. The smallest absolute Gasteiger partial charge is 0.289 e. The Kier molecular flexibility index (Phi) is 3.96. The molecular formula is C13H15F3O. The third kappa shape index (κ3) is 3.58. The highest BCUT2D eigenvalue weighted by Gasteiger charge is 2.38. The third-order valence-corrected chi connectivity index (χ3v) is 2.47. The molecule has 94 valence electrons. The van der Waals surface area contributed by atoms with Crippen molar-refractivity contribution in [1.29, 1.82) is 0 Å². The Bertz CT molecular complexity index is 407. The van der Waals surface area contributed by atoms with Gasteiger partial charge in [0.25, 0.3) is 0 Å². The van der Waals surface area contributed by atoms with Gasteiger partial charge in [-0.05, 0) is 32.3 Å². The Balaban J connectivity index is 3.20. The molecule has 0 radical (unpaired) electrons. The van der Waals surface area contributed by atoms with Gasteiger partial charge in [0.2, 0.25) is 0 Å². The first kappa shape index (κ1) is 13.7. The standard InChI is InChI=1S/C13H15F3O/c1-8(2)6-12(17)10-5-4-9(3)7-11(10)13(14,15)16/h4-6,9H,7H2,1-3H3. The first-order valence-electron chi connectivity index (χ1n) is 5.39. The van der Waals surface area contributed by atoms with Crippen LogP contribution < -0.4 is 0 Å². The van der Waals surface area contributed by atoms with Crippen LogP contribution in [0, 0.1) is 5.92 Å². The molecule has 0 N–H and O–H groups in total. The number of allylic oxidation sites excluding steroid dienone is 6. The molecule has 1 unspecified atom stereocenters. The third-order valence-electron chi connectivity index (χ3n) is 2.47. The van der Waals surface area contributed by atoms with Gasteiger partial charge in [-0.25, -0.2) is 0 Å². The molecule has 0 saturated heterocycles. The maximum Gasteiger partial charge on any atom is 0.413 e. The molecule has 1 aliphatic rings. The number of ketones is 1. The molecule has 1 rings (SSSR count). The molecule has 1 atom stereocenters. The van der Waals surface area contributed by atoms with Gasteiger partial charge in [-0.3, -0.25) is 4.79 Å². The van der Waals surface area contributed by atoms with Gasteiger partial charge in [-0.1, -0.05) is 24.6 Å². The van der Waals surface area contributed by atoms with Gasteiger partial charge in [-0.2, -0.15) is 13.2 Å². The van der Waals surface area contributed by atoms with Gasteiger partial charge in [0.15, 0.2) is 5.78 Å². The summed E-state index contributed by atoms with van der Waals surface area (Å²) in [6.07, 6.45) is -0.390. The summed E-state index contributed by atoms with van der Waals surface area (Å²) < 4.78 is 38.4. The minimum atomic E-state index is -4.43. The van der Waals surface area contributed by atoms with Crippen molar-refractivity contribution >= 4 is 5.78 Å². The van der Waals surface area contributed by atoms with Gasteiger partial charge in [-0.15, -0.1) is 0 Å². The molecular weight excluding hydrogens is 229 g/mol. The van der Waals surface area contributed by atoms with Crippen LogP contribution in [0.1, 0.15) is 27.2 Å². The predicted octanol–water partition coefficient (Wildman–Crippen LogP) is 3.98. The van der Waals surface area contributed by atoms with E-state index in [1.807, 2.05) is 0 Å². The van der Waals surface area contributed by atoms with Crippen LogP contribution in [-0.4, -0.2) is 12.0 Å². The molecule has 0 heterocycles. The van der Waals surface area contributed by atoms with Crippen LogP contribution in [0.2, 0.25) is 0 Å². The monoisotopic (exact) mass is 244 g/mol. The first-order chi connectivity index (χ1) is 7.71. The predicted molar refractivity (Wildman–Crippen MR) is 60.4 cm³/mol. The van der Waals surface area contributed by atoms with Gasteiger partial charge in [0, 0.05) is 11.1 Å². The summed E-state index contributed by atoms with van der Waals surface area (Å²) in [5.41, 5.74) is -0.247. The molecule has 0 amide bonds. The van der Waals surface area contributed by atoms with Crippen LogP contribution in [0.4, 0.5) is 13.2 Å². The Hall–Kier alpha value is -1.32. The maximum absolute atomic E-state index is 12.8. The second-order valence-corrected chi connectivity index (χ2v) is 4.52. The molecule has 4 heteroatoms. The van der Waals surface area contributed by atoms with E-state index in [9.17, 15) is 18.0 Å². The summed E-state index contributed by atoms with van der Waals surface area (Å²) in [7, 11) is 0. The van der Waals surface area contributed by atoms with Crippen LogP contribution in [0.3, 0.4) is 0 Å². The molecule has 0 aromatic heterocycles. The van der Waals surface area contributed by atoms with Crippen LogP contribution in [-0.2, 0) is 4.79 Å².